The summed E-state index contributed by atoms with van der Waals surface area (Å²) >= 11 is 0. The predicted molar refractivity (Wildman–Crippen MR) is 81.8 cm³/mol. The lowest BCUT2D eigenvalue weighted by Gasteiger charge is -2.23. The van der Waals surface area contributed by atoms with Gasteiger partial charge in [-0.15, -0.1) is 0 Å². The minimum Gasteiger partial charge on any atom is -0.497 e. The van der Waals surface area contributed by atoms with Crippen LogP contribution in [0.2, 0.25) is 0 Å². The van der Waals surface area contributed by atoms with Crippen LogP contribution in [0.15, 0.2) is 24.3 Å². The molecule has 0 saturated heterocycles. The molecular weight excluding hydrogens is 290 g/mol. The van der Waals surface area contributed by atoms with Crippen LogP contribution in [0.3, 0.4) is 0 Å². The summed E-state index contributed by atoms with van der Waals surface area (Å²) in [7, 11) is -1.78. The summed E-state index contributed by atoms with van der Waals surface area (Å²) in [4.78, 5) is 0. The molecule has 0 spiro atoms. The van der Waals surface area contributed by atoms with Gasteiger partial charge in [0.25, 0.3) is 0 Å². The molecule has 1 fully saturated rings. The second-order valence-corrected chi connectivity index (χ2v) is 7.80. The molecule has 0 heterocycles. The van der Waals surface area contributed by atoms with E-state index in [-0.39, 0.29) is 18.2 Å². The van der Waals surface area contributed by atoms with Crippen LogP contribution < -0.4 is 9.46 Å². The zero-order chi connectivity index (χ0) is 15.5. The third-order valence-corrected chi connectivity index (χ3v) is 5.25. The fourth-order valence-corrected chi connectivity index (χ4v) is 3.38. The number of ether oxygens (including phenoxy) is 1. The van der Waals surface area contributed by atoms with Crippen molar-refractivity contribution >= 4 is 10.0 Å². The first kappa shape index (κ1) is 16.3. The van der Waals surface area contributed by atoms with Gasteiger partial charge < -0.3 is 9.84 Å². The summed E-state index contributed by atoms with van der Waals surface area (Å²) in [6.45, 7) is 1.78. The second-order valence-electron chi connectivity index (χ2n) is 5.87. The number of benzene rings is 1. The average Bonchev–Trinajstić information content (AvgIpc) is 3.29. The van der Waals surface area contributed by atoms with Crippen LogP contribution in [0, 0.1) is 5.92 Å². The summed E-state index contributed by atoms with van der Waals surface area (Å²) in [5.41, 5.74) is 0.00262. The molecule has 0 radical (unpaired) electrons. The van der Waals surface area contributed by atoms with E-state index < -0.39 is 15.6 Å². The van der Waals surface area contributed by atoms with Crippen molar-refractivity contribution in [2.45, 2.75) is 31.8 Å². The van der Waals surface area contributed by atoms with Gasteiger partial charge in [-0.25, -0.2) is 13.1 Å². The Hall–Kier alpha value is -1.11. The highest BCUT2D eigenvalue weighted by molar-refractivity contribution is 7.89. The van der Waals surface area contributed by atoms with Gasteiger partial charge in [-0.1, -0.05) is 12.1 Å². The van der Waals surface area contributed by atoms with Crippen LogP contribution in [0.4, 0.5) is 0 Å². The van der Waals surface area contributed by atoms with E-state index in [9.17, 15) is 13.5 Å². The number of aryl methyl sites for hydroxylation is 1. The van der Waals surface area contributed by atoms with E-state index >= 15 is 0 Å². The van der Waals surface area contributed by atoms with Gasteiger partial charge in [0.05, 0.1) is 18.5 Å². The molecule has 0 aliphatic heterocycles. The summed E-state index contributed by atoms with van der Waals surface area (Å²) in [6.07, 6.45) is 2.38. The van der Waals surface area contributed by atoms with Crippen LogP contribution >= 0.6 is 0 Å². The first-order valence-electron chi connectivity index (χ1n) is 7.15. The molecule has 1 aromatic carbocycles. The largest absolute Gasteiger partial charge is 0.497 e. The van der Waals surface area contributed by atoms with E-state index in [1.165, 1.54) is 0 Å². The SMILES string of the molecule is COc1ccc(CCS(=O)(=O)NCC(C)(O)C2CC2)cc1. The summed E-state index contributed by atoms with van der Waals surface area (Å²) in [5.74, 6) is 0.988. The van der Waals surface area contributed by atoms with Gasteiger partial charge >= 0.3 is 0 Å². The molecule has 0 amide bonds. The van der Waals surface area contributed by atoms with Crippen LogP contribution in [-0.2, 0) is 16.4 Å². The zero-order valence-electron chi connectivity index (χ0n) is 12.5. The Labute approximate surface area is 126 Å². The first-order valence-corrected chi connectivity index (χ1v) is 8.80. The average molecular weight is 313 g/mol. The van der Waals surface area contributed by atoms with Crippen molar-refractivity contribution in [3.63, 3.8) is 0 Å². The molecule has 1 aliphatic rings. The highest BCUT2D eigenvalue weighted by Crippen LogP contribution is 2.39. The summed E-state index contributed by atoms with van der Waals surface area (Å²) in [5, 5.41) is 10.1. The third-order valence-electron chi connectivity index (χ3n) is 3.93. The second kappa shape index (κ2) is 6.34. The van der Waals surface area contributed by atoms with Crippen LogP contribution in [0.1, 0.15) is 25.3 Å². The van der Waals surface area contributed by atoms with Crippen molar-refractivity contribution < 1.29 is 18.3 Å². The van der Waals surface area contributed by atoms with Gasteiger partial charge in [-0.2, -0.15) is 0 Å². The smallest absolute Gasteiger partial charge is 0.212 e. The van der Waals surface area contributed by atoms with Crippen LogP contribution in [0.5, 0.6) is 5.75 Å². The van der Waals surface area contributed by atoms with E-state index in [0.29, 0.717) is 6.42 Å². The van der Waals surface area contributed by atoms with Crippen molar-refractivity contribution in [2.24, 2.45) is 5.92 Å². The molecule has 2 N–H and O–H groups in total. The van der Waals surface area contributed by atoms with Gasteiger partial charge in [-0.3, -0.25) is 0 Å². The van der Waals surface area contributed by atoms with Crippen molar-refractivity contribution in [1.82, 2.24) is 4.72 Å². The van der Waals surface area contributed by atoms with E-state index in [1.54, 1.807) is 14.0 Å². The highest BCUT2D eigenvalue weighted by atomic mass is 32.2. The van der Waals surface area contributed by atoms with Crippen molar-refractivity contribution in [3.8, 4) is 5.75 Å². The predicted octanol–water partition coefficient (Wildman–Crippen LogP) is 1.32. The standard InChI is InChI=1S/C15H23NO4S/c1-15(17,13-5-6-13)11-16-21(18,19)10-9-12-3-7-14(20-2)8-4-12/h3-4,7-8,13,16-17H,5-6,9-11H2,1-2H3. The molecule has 1 aromatic rings. The Kier molecular flexibility index (Phi) is 4.91. The molecule has 0 aromatic heterocycles. The maximum absolute atomic E-state index is 12.0. The Bertz CT molecular complexity index is 562. The van der Waals surface area contributed by atoms with Crippen molar-refractivity contribution in [1.29, 1.82) is 0 Å². The first-order chi connectivity index (χ1) is 9.82. The molecule has 1 atom stereocenters. The lowest BCUT2D eigenvalue weighted by atomic mass is 10.0. The highest BCUT2D eigenvalue weighted by Gasteiger charge is 2.40. The Morgan fingerprint density at radius 1 is 1.33 bits per heavy atom. The van der Waals surface area contributed by atoms with Gasteiger partial charge in [-0.05, 0) is 49.8 Å². The normalized spacial score (nSPS) is 18.2. The quantitative estimate of drug-likeness (QED) is 0.759. The number of methoxy groups -OCH3 is 1. The third kappa shape index (κ3) is 4.98. The number of hydrogen-bond acceptors (Lipinski definition) is 4. The minimum absolute atomic E-state index is 0.0140. The zero-order valence-corrected chi connectivity index (χ0v) is 13.3. The van der Waals surface area contributed by atoms with Crippen molar-refractivity contribution in [3.05, 3.63) is 29.8 Å². The molecule has 6 heteroatoms. The number of hydrogen-bond donors (Lipinski definition) is 2. The fourth-order valence-electron chi connectivity index (χ4n) is 2.22. The summed E-state index contributed by atoms with van der Waals surface area (Å²) < 4.78 is 31.5. The number of rotatable bonds is 8. The Morgan fingerprint density at radius 2 is 1.95 bits per heavy atom. The van der Waals surface area contributed by atoms with Crippen LogP contribution in [-0.4, -0.2) is 38.5 Å². The van der Waals surface area contributed by atoms with Crippen LogP contribution in [0.25, 0.3) is 0 Å². The van der Waals surface area contributed by atoms with Crippen molar-refractivity contribution in [2.75, 3.05) is 19.4 Å². The van der Waals surface area contributed by atoms with Gasteiger partial charge in [0.1, 0.15) is 5.75 Å². The maximum atomic E-state index is 12.0. The topological polar surface area (TPSA) is 75.6 Å². The monoisotopic (exact) mass is 313 g/mol. The van der Waals surface area contributed by atoms with E-state index in [4.69, 9.17) is 4.74 Å². The molecule has 1 unspecified atom stereocenters. The lowest BCUT2D eigenvalue weighted by molar-refractivity contribution is 0.0422. The molecule has 1 saturated carbocycles. The van der Waals surface area contributed by atoms with Gasteiger partial charge in [0.15, 0.2) is 0 Å². The fraction of sp³-hybridized carbons (Fsp3) is 0.600. The lowest BCUT2D eigenvalue weighted by Crippen LogP contribution is -2.43. The molecule has 118 valence electrons. The molecular formula is C15H23NO4S. The molecule has 21 heavy (non-hydrogen) atoms. The van der Waals surface area contributed by atoms with Gasteiger partial charge in [0.2, 0.25) is 10.0 Å². The summed E-state index contributed by atoms with van der Waals surface area (Å²) in [6, 6.07) is 7.34. The number of aliphatic hydroxyl groups is 1. The number of sulfonamides is 1. The minimum atomic E-state index is -3.38. The molecule has 1 aliphatic carbocycles. The van der Waals surface area contributed by atoms with E-state index in [0.717, 1.165) is 24.2 Å². The molecule has 2 rings (SSSR count). The Balaban J connectivity index is 1.82. The Morgan fingerprint density at radius 3 is 2.48 bits per heavy atom. The van der Waals surface area contributed by atoms with E-state index in [2.05, 4.69) is 4.72 Å². The maximum Gasteiger partial charge on any atom is 0.212 e. The number of nitrogens with one attached hydrogen (secondary N) is 1. The van der Waals surface area contributed by atoms with Gasteiger partial charge in [0, 0.05) is 6.54 Å². The molecule has 0 bridgehead atoms. The molecule has 5 nitrogen and oxygen atoms in total. The van der Waals surface area contributed by atoms with E-state index in [1.807, 2.05) is 24.3 Å².